The first-order valence-electron chi connectivity index (χ1n) is 27.1. The average Bonchev–Trinajstić information content (AvgIpc) is 3.63. The molecule has 0 saturated heterocycles. The van der Waals surface area contributed by atoms with Crippen molar-refractivity contribution in [3.8, 4) is 56.0 Å². The molecule has 0 radical (unpaired) electrons. The molecule has 6 aromatic carbocycles. The second-order valence-electron chi connectivity index (χ2n) is 20.1. The number of fused-ring (bicyclic) bond motifs is 3. The molecule has 0 bridgehead atoms. The number of hydrogen-bond donors (Lipinski definition) is 0. The molecular weight excluding hydrogens is 823 g/mol. The Bertz CT molecular complexity index is 3410. The van der Waals surface area contributed by atoms with Gasteiger partial charge in [-0.05, 0) is 152 Å². The molecular formula is C65H61N3. The van der Waals surface area contributed by atoms with Gasteiger partial charge in [0.1, 0.15) is 0 Å². The van der Waals surface area contributed by atoms with E-state index in [1.807, 2.05) is 60.7 Å². The lowest BCUT2D eigenvalue weighted by Crippen LogP contribution is -2.22. The van der Waals surface area contributed by atoms with E-state index in [1.54, 1.807) is 42.7 Å². The SMILES string of the molecule is [2H]C([2H])([2H])c1cnc(-c2ccc(C([2H])([2H])C([2H])([2H])c3cc(CC(C)(C)c4ccc(-c5ccccn5)cc4)cc(CC(C)(C)c4ccc(-c5ccccn5)cc4)c3)cc2)cc1-c1ccc2c(c1)-c1ccccc1C2(C)C. The third-order valence-electron chi connectivity index (χ3n) is 13.9. The van der Waals surface area contributed by atoms with E-state index in [4.69, 9.17) is 4.11 Å². The van der Waals surface area contributed by atoms with Gasteiger partial charge in [-0.25, -0.2) is 0 Å². The Morgan fingerprint density at radius 1 is 0.441 bits per heavy atom. The third-order valence-corrected chi connectivity index (χ3v) is 13.9. The summed E-state index contributed by atoms with van der Waals surface area (Å²) in [5.74, 6) is 0. The molecule has 0 atom stereocenters. The normalized spacial score (nSPS) is 15.1. The summed E-state index contributed by atoms with van der Waals surface area (Å²) in [5, 5.41) is 0. The molecule has 10 rings (SSSR count). The zero-order chi connectivity index (χ0) is 53.1. The van der Waals surface area contributed by atoms with Crippen LogP contribution in [0.2, 0.25) is 0 Å². The zero-order valence-corrected chi connectivity index (χ0v) is 39.7. The predicted octanol–water partition coefficient (Wildman–Crippen LogP) is 16.0. The van der Waals surface area contributed by atoms with Crippen LogP contribution in [0.5, 0.6) is 0 Å². The largest absolute Gasteiger partial charge is 0.256 e. The molecule has 3 heterocycles. The van der Waals surface area contributed by atoms with Gasteiger partial charge in [-0.1, -0.05) is 181 Å². The quantitative estimate of drug-likeness (QED) is 0.116. The van der Waals surface area contributed by atoms with Gasteiger partial charge in [0.15, 0.2) is 0 Å². The Hall–Kier alpha value is -7.23. The van der Waals surface area contributed by atoms with Gasteiger partial charge < -0.3 is 0 Å². The van der Waals surface area contributed by atoms with Crippen LogP contribution >= 0.6 is 0 Å². The summed E-state index contributed by atoms with van der Waals surface area (Å²) in [7, 11) is 0. The molecule has 1 aliphatic carbocycles. The number of benzene rings is 6. The number of aryl methyl sites for hydroxylation is 3. The van der Waals surface area contributed by atoms with Crippen molar-refractivity contribution in [2.75, 3.05) is 0 Å². The molecule has 0 amide bonds. The van der Waals surface area contributed by atoms with Gasteiger partial charge in [-0.3, -0.25) is 15.0 Å². The van der Waals surface area contributed by atoms with E-state index in [9.17, 15) is 5.48 Å². The molecule has 0 saturated carbocycles. The van der Waals surface area contributed by atoms with Crippen LogP contribution in [0.25, 0.3) is 56.0 Å². The summed E-state index contributed by atoms with van der Waals surface area (Å²) in [6.07, 6.45) is 1.21. The fourth-order valence-corrected chi connectivity index (χ4v) is 10.1. The van der Waals surface area contributed by atoms with Crippen LogP contribution in [0.1, 0.15) is 101 Å². The van der Waals surface area contributed by atoms with Crippen LogP contribution in [0.4, 0.5) is 0 Å². The zero-order valence-electron chi connectivity index (χ0n) is 46.7. The lowest BCUT2D eigenvalue weighted by Gasteiger charge is -2.28. The van der Waals surface area contributed by atoms with Crippen molar-refractivity contribution in [2.24, 2.45) is 0 Å². The smallest absolute Gasteiger partial charge is 0.0708 e. The van der Waals surface area contributed by atoms with E-state index in [-0.39, 0.29) is 32.9 Å². The number of rotatable bonds is 13. The highest BCUT2D eigenvalue weighted by Crippen LogP contribution is 2.49. The lowest BCUT2D eigenvalue weighted by molar-refractivity contribution is 0.514. The van der Waals surface area contributed by atoms with Crippen LogP contribution in [-0.4, -0.2) is 15.0 Å². The number of nitrogens with zero attached hydrogens (tertiary/aromatic N) is 3. The first kappa shape index (κ1) is 36.8. The molecule has 3 heteroatoms. The highest BCUT2D eigenvalue weighted by molar-refractivity contribution is 5.85. The standard InChI is InChI=1S/C65H61N3/c1-44-43-68-62(40-56(44)52-28-33-59-57(39-52)55-14-8-9-15-58(55)65(59,6)7)51-22-20-45(21-23-51)18-19-46-36-47(41-63(2,3)53-29-24-49(25-30-53)60-16-10-12-34-66-60)38-48(37-46)42-64(4,5)54-31-26-50(27-32-54)61-17-11-13-35-67-61/h8-17,20-40,43H,18-19,41-42H2,1-7H3/i1D3,18D2,19D2. The van der Waals surface area contributed by atoms with E-state index >= 15 is 0 Å². The third kappa shape index (κ3) is 9.11. The summed E-state index contributed by atoms with van der Waals surface area (Å²) in [5.41, 5.74) is 14.7. The van der Waals surface area contributed by atoms with E-state index in [2.05, 4.69) is 141 Å². The van der Waals surface area contributed by atoms with Crippen LogP contribution < -0.4 is 0 Å². The summed E-state index contributed by atoms with van der Waals surface area (Å²) in [6, 6.07) is 57.6. The Morgan fingerprint density at radius 3 is 1.51 bits per heavy atom. The van der Waals surface area contributed by atoms with Crippen molar-refractivity contribution in [3.63, 3.8) is 0 Å². The molecule has 1 aliphatic rings. The maximum Gasteiger partial charge on any atom is 0.0708 e. The highest BCUT2D eigenvalue weighted by Gasteiger charge is 2.35. The Kier molecular flexibility index (Phi) is 9.81. The van der Waals surface area contributed by atoms with Crippen LogP contribution in [-0.2, 0) is 41.8 Å². The van der Waals surface area contributed by atoms with Gasteiger partial charge in [0.25, 0.3) is 0 Å². The van der Waals surface area contributed by atoms with Gasteiger partial charge in [-0.2, -0.15) is 0 Å². The topological polar surface area (TPSA) is 38.7 Å². The van der Waals surface area contributed by atoms with Crippen molar-refractivity contribution in [3.05, 3.63) is 245 Å². The number of aromatic nitrogens is 3. The molecule has 0 unspecified atom stereocenters. The van der Waals surface area contributed by atoms with Crippen LogP contribution in [0.15, 0.2) is 195 Å². The van der Waals surface area contributed by atoms with Gasteiger partial charge in [0.2, 0.25) is 0 Å². The van der Waals surface area contributed by atoms with Crippen molar-refractivity contribution in [1.82, 2.24) is 15.0 Å². The first-order valence-corrected chi connectivity index (χ1v) is 23.6. The van der Waals surface area contributed by atoms with Crippen molar-refractivity contribution in [2.45, 2.75) is 90.2 Å². The summed E-state index contributed by atoms with van der Waals surface area (Å²) >= 11 is 0. The number of pyridine rings is 3. The molecule has 68 heavy (non-hydrogen) atoms. The summed E-state index contributed by atoms with van der Waals surface area (Å²) in [4.78, 5) is 13.7. The van der Waals surface area contributed by atoms with Crippen molar-refractivity contribution < 1.29 is 9.60 Å². The minimum Gasteiger partial charge on any atom is -0.256 e. The second kappa shape index (κ2) is 18.1. The van der Waals surface area contributed by atoms with Crippen LogP contribution in [0.3, 0.4) is 0 Å². The fourth-order valence-electron chi connectivity index (χ4n) is 10.1. The minimum atomic E-state index is -2.48. The van der Waals surface area contributed by atoms with Gasteiger partial charge in [-0.15, -0.1) is 0 Å². The van der Waals surface area contributed by atoms with Crippen molar-refractivity contribution in [1.29, 1.82) is 0 Å². The summed E-state index contributed by atoms with van der Waals surface area (Å²) < 4.78 is 64.2. The lowest BCUT2D eigenvalue weighted by atomic mass is 9.76. The van der Waals surface area contributed by atoms with E-state index in [0.717, 1.165) is 61.5 Å². The van der Waals surface area contributed by atoms with E-state index in [1.165, 1.54) is 17.3 Å². The predicted molar refractivity (Wildman–Crippen MR) is 284 cm³/mol. The van der Waals surface area contributed by atoms with E-state index < -0.39 is 19.6 Å². The van der Waals surface area contributed by atoms with Gasteiger partial charge >= 0.3 is 0 Å². The Labute approximate surface area is 413 Å². The molecule has 336 valence electrons. The van der Waals surface area contributed by atoms with Gasteiger partial charge in [0, 0.05) is 50.3 Å². The molecule has 3 aromatic heterocycles. The fraction of sp³-hybridized carbons (Fsp3) is 0.215. The van der Waals surface area contributed by atoms with Crippen molar-refractivity contribution >= 4 is 0 Å². The maximum atomic E-state index is 9.76. The monoisotopic (exact) mass is 891 g/mol. The Morgan fingerprint density at radius 2 is 0.941 bits per heavy atom. The Balaban J connectivity index is 0.978. The molecule has 0 aliphatic heterocycles. The average molecular weight is 891 g/mol. The molecule has 9 aromatic rings. The number of hydrogen-bond acceptors (Lipinski definition) is 3. The molecule has 0 fully saturated rings. The first-order chi connectivity index (χ1) is 35.5. The second-order valence-corrected chi connectivity index (χ2v) is 20.1. The minimum absolute atomic E-state index is 0.142. The molecule has 0 spiro atoms. The van der Waals surface area contributed by atoms with Gasteiger partial charge in [0.05, 0.1) is 17.1 Å². The van der Waals surface area contributed by atoms with Crippen LogP contribution in [0, 0.1) is 6.85 Å². The maximum absolute atomic E-state index is 9.76. The molecule has 0 N–H and O–H groups in total. The molecule has 3 nitrogen and oxygen atoms in total. The van der Waals surface area contributed by atoms with E-state index in [0.29, 0.717) is 29.7 Å². The highest BCUT2D eigenvalue weighted by atomic mass is 14.7. The summed E-state index contributed by atoms with van der Waals surface area (Å²) in [6.45, 7) is 10.8.